The van der Waals surface area contributed by atoms with Gasteiger partial charge in [0, 0.05) is 18.1 Å². The summed E-state index contributed by atoms with van der Waals surface area (Å²) in [6, 6.07) is 9.88. The van der Waals surface area contributed by atoms with E-state index in [9.17, 15) is 0 Å². The summed E-state index contributed by atoms with van der Waals surface area (Å²) in [6.07, 6.45) is 3.53. The molecule has 0 fully saturated rings. The molecule has 0 radical (unpaired) electrons. The average molecular weight is 211 g/mol. The van der Waals surface area contributed by atoms with Crippen LogP contribution in [0, 0.1) is 6.92 Å². The summed E-state index contributed by atoms with van der Waals surface area (Å²) in [7, 11) is 0. The van der Waals surface area contributed by atoms with Gasteiger partial charge in [0.1, 0.15) is 11.3 Å². The van der Waals surface area contributed by atoms with E-state index in [0.29, 0.717) is 6.04 Å². The van der Waals surface area contributed by atoms with Crippen molar-refractivity contribution < 1.29 is 1.37 Å². The van der Waals surface area contributed by atoms with Gasteiger partial charge in [0.15, 0.2) is 0 Å². The first-order valence-electron chi connectivity index (χ1n) is 5.62. The van der Waals surface area contributed by atoms with Crippen LogP contribution in [-0.4, -0.2) is 14.4 Å². The number of pyridine rings is 2. The Hall–Kier alpha value is -2.16. The van der Waals surface area contributed by atoms with Gasteiger partial charge in [-0.15, -0.1) is 0 Å². The minimum absolute atomic E-state index is 0.412. The van der Waals surface area contributed by atoms with Crippen LogP contribution < -0.4 is 0 Å². The Bertz CT molecular complexity index is 671. The van der Waals surface area contributed by atoms with Crippen molar-refractivity contribution in [3.8, 4) is 11.4 Å². The molecule has 0 aliphatic rings. The highest BCUT2D eigenvalue weighted by Gasteiger charge is 2.09. The van der Waals surface area contributed by atoms with E-state index in [4.69, 9.17) is 1.37 Å². The molecule has 0 aliphatic carbocycles. The summed E-state index contributed by atoms with van der Waals surface area (Å²) in [4.78, 5) is 8.79. The van der Waals surface area contributed by atoms with Gasteiger partial charge >= 0.3 is 0 Å². The van der Waals surface area contributed by atoms with Crippen molar-refractivity contribution in [1.29, 1.82) is 0 Å². The van der Waals surface area contributed by atoms with Crippen molar-refractivity contribution in [2.24, 2.45) is 0 Å². The third-order valence-electron chi connectivity index (χ3n) is 2.63. The molecule has 16 heavy (non-hydrogen) atoms. The normalized spacial score (nSPS) is 11.7. The molecule has 0 aromatic carbocycles. The summed E-state index contributed by atoms with van der Waals surface area (Å²) in [6.45, 7) is 2.02. The maximum absolute atomic E-state index is 7.43. The second-order valence-electron chi connectivity index (χ2n) is 3.62. The van der Waals surface area contributed by atoms with Crippen molar-refractivity contribution in [3.05, 3.63) is 54.5 Å². The molecule has 3 rings (SSSR count). The minimum atomic E-state index is 0.412. The van der Waals surface area contributed by atoms with Crippen molar-refractivity contribution in [1.82, 2.24) is 14.4 Å². The fourth-order valence-corrected chi connectivity index (χ4v) is 1.82. The molecular formula is C13H11N3. The molecule has 0 spiro atoms. The van der Waals surface area contributed by atoms with Crippen molar-refractivity contribution in [3.63, 3.8) is 0 Å². The SMILES string of the molecule is [3H]c1ccc(-c2nc3ccccn3c2C)nc1. The van der Waals surface area contributed by atoms with Crippen LogP contribution in [-0.2, 0) is 0 Å². The van der Waals surface area contributed by atoms with E-state index in [1.807, 2.05) is 41.8 Å². The Labute approximate surface area is 94.8 Å². The number of aromatic nitrogens is 3. The van der Waals surface area contributed by atoms with Gasteiger partial charge in [0.25, 0.3) is 0 Å². The number of aryl methyl sites for hydroxylation is 1. The third-order valence-corrected chi connectivity index (χ3v) is 2.63. The van der Waals surface area contributed by atoms with E-state index in [1.54, 1.807) is 12.3 Å². The van der Waals surface area contributed by atoms with Crippen molar-refractivity contribution in [2.75, 3.05) is 0 Å². The second kappa shape index (κ2) is 3.45. The lowest BCUT2D eigenvalue weighted by Crippen LogP contribution is -1.87. The van der Waals surface area contributed by atoms with Crippen LogP contribution in [0.1, 0.15) is 7.06 Å². The Kier molecular flexibility index (Phi) is 1.74. The second-order valence-corrected chi connectivity index (χ2v) is 3.62. The Morgan fingerprint density at radius 1 is 1.25 bits per heavy atom. The van der Waals surface area contributed by atoms with Gasteiger partial charge in [-0.2, -0.15) is 0 Å². The summed E-state index contributed by atoms with van der Waals surface area (Å²) < 4.78 is 9.46. The molecule has 3 heterocycles. The van der Waals surface area contributed by atoms with E-state index in [0.717, 1.165) is 22.7 Å². The van der Waals surface area contributed by atoms with Crippen LogP contribution in [0.5, 0.6) is 0 Å². The predicted octanol–water partition coefficient (Wildman–Crippen LogP) is 2.70. The highest BCUT2D eigenvalue weighted by atomic mass is 15.0. The molecule has 3 aromatic rings. The zero-order valence-electron chi connectivity index (χ0n) is 9.88. The quantitative estimate of drug-likeness (QED) is 0.619. The van der Waals surface area contributed by atoms with E-state index in [2.05, 4.69) is 9.97 Å². The van der Waals surface area contributed by atoms with Crippen molar-refractivity contribution in [2.45, 2.75) is 6.92 Å². The lowest BCUT2D eigenvalue weighted by molar-refractivity contribution is 1.11. The number of hydrogen-bond donors (Lipinski definition) is 0. The van der Waals surface area contributed by atoms with E-state index < -0.39 is 0 Å². The first kappa shape index (κ1) is 8.05. The molecular weight excluding hydrogens is 198 g/mol. The fraction of sp³-hybridized carbons (Fsp3) is 0.0769. The monoisotopic (exact) mass is 211 g/mol. The van der Waals surface area contributed by atoms with Crippen LogP contribution in [0.4, 0.5) is 0 Å². The zero-order chi connectivity index (χ0) is 11.8. The molecule has 3 heteroatoms. The summed E-state index contributed by atoms with van der Waals surface area (Å²) >= 11 is 0. The predicted molar refractivity (Wildman–Crippen MR) is 63.2 cm³/mol. The first-order valence-corrected chi connectivity index (χ1v) is 5.12. The number of nitrogens with zero attached hydrogens (tertiary/aromatic N) is 3. The first-order chi connectivity index (χ1) is 8.25. The largest absolute Gasteiger partial charge is 0.304 e. The number of rotatable bonds is 1. The average Bonchev–Trinajstić information content (AvgIpc) is 2.69. The van der Waals surface area contributed by atoms with Crippen molar-refractivity contribution >= 4 is 5.65 Å². The van der Waals surface area contributed by atoms with Crippen LogP contribution in [0.3, 0.4) is 0 Å². The summed E-state index contributed by atoms with van der Waals surface area (Å²) in [5.41, 5.74) is 3.65. The maximum atomic E-state index is 7.43. The van der Waals surface area contributed by atoms with Crippen LogP contribution in [0.25, 0.3) is 17.0 Å². The fourth-order valence-electron chi connectivity index (χ4n) is 1.82. The summed E-state index contributed by atoms with van der Waals surface area (Å²) in [5, 5.41) is 0. The van der Waals surface area contributed by atoms with Crippen LogP contribution >= 0.6 is 0 Å². The van der Waals surface area contributed by atoms with Gasteiger partial charge in [-0.3, -0.25) is 4.98 Å². The van der Waals surface area contributed by atoms with E-state index in [-0.39, 0.29) is 0 Å². The number of imidazole rings is 1. The van der Waals surface area contributed by atoms with Gasteiger partial charge < -0.3 is 4.40 Å². The summed E-state index contributed by atoms with van der Waals surface area (Å²) in [5.74, 6) is 0. The third kappa shape index (κ3) is 1.29. The molecule has 0 saturated carbocycles. The van der Waals surface area contributed by atoms with Crippen LogP contribution in [0.2, 0.25) is 0 Å². The lowest BCUT2D eigenvalue weighted by atomic mass is 10.2. The molecule has 0 amide bonds. The van der Waals surface area contributed by atoms with Gasteiger partial charge in [0.05, 0.1) is 7.06 Å². The van der Waals surface area contributed by atoms with Gasteiger partial charge in [-0.25, -0.2) is 4.98 Å². The number of hydrogen-bond acceptors (Lipinski definition) is 2. The minimum Gasteiger partial charge on any atom is -0.304 e. The highest BCUT2D eigenvalue weighted by Crippen LogP contribution is 2.21. The molecule has 0 unspecified atom stereocenters. The molecule has 0 atom stereocenters. The molecule has 0 bridgehead atoms. The standard InChI is InChI=1S/C13H11N3/c1-10-13(11-6-2-4-8-14-11)15-12-7-3-5-9-16(10)12/h2-9H,1H3/i4T. The maximum Gasteiger partial charge on any atom is 0.137 e. The molecule has 0 N–H and O–H groups in total. The van der Waals surface area contributed by atoms with Gasteiger partial charge in [-0.05, 0) is 31.2 Å². The topological polar surface area (TPSA) is 30.2 Å². The Morgan fingerprint density at radius 2 is 2.19 bits per heavy atom. The van der Waals surface area contributed by atoms with E-state index >= 15 is 0 Å². The lowest BCUT2D eigenvalue weighted by Gasteiger charge is -1.97. The molecule has 78 valence electrons. The Morgan fingerprint density at radius 3 is 2.94 bits per heavy atom. The Balaban J connectivity index is 2.24. The molecule has 0 saturated heterocycles. The molecule has 3 aromatic heterocycles. The molecule has 3 nitrogen and oxygen atoms in total. The van der Waals surface area contributed by atoms with Crippen LogP contribution in [0.15, 0.2) is 48.8 Å². The molecule has 0 aliphatic heterocycles. The van der Waals surface area contributed by atoms with E-state index in [1.165, 1.54) is 0 Å². The van der Waals surface area contributed by atoms with Gasteiger partial charge in [0.2, 0.25) is 0 Å². The highest BCUT2D eigenvalue weighted by molar-refractivity contribution is 5.62. The zero-order valence-corrected chi connectivity index (χ0v) is 8.88. The van der Waals surface area contributed by atoms with Gasteiger partial charge in [-0.1, -0.05) is 12.1 Å². The smallest absolute Gasteiger partial charge is 0.137 e. The number of fused-ring (bicyclic) bond motifs is 1.